The van der Waals surface area contributed by atoms with Crippen LogP contribution in [0.3, 0.4) is 0 Å². The normalized spacial score (nSPS) is 12.6. The summed E-state index contributed by atoms with van der Waals surface area (Å²) in [5.74, 6) is 0. The first-order chi connectivity index (χ1) is 9.04. The van der Waals surface area contributed by atoms with Gasteiger partial charge in [-0.25, -0.2) is 0 Å². The molecule has 102 valence electrons. The minimum Gasteiger partial charge on any atom is -0.310 e. The topological polar surface area (TPSA) is 12.0 Å². The fourth-order valence-corrected chi connectivity index (χ4v) is 3.32. The van der Waals surface area contributed by atoms with Gasteiger partial charge in [-0.1, -0.05) is 23.8 Å². The Morgan fingerprint density at radius 1 is 1.11 bits per heavy atom. The van der Waals surface area contributed by atoms with Crippen LogP contribution in [0, 0.1) is 20.8 Å². The molecule has 19 heavy (non-hydrogen) atoms. The summed E-state index contributed by atoms with van der Waals surface area (Å²) in [4.78, 5) is 2.87. The van der Waals surface area contributed by atoms with E-state index in [-0.39, 0.29) is 0 Å². The molecule has 1 N–H and O–H groups in total. The largest absolute Gasteiger partial charge is 0.310 e. The molecule has 2 rings (SSSR count). The first kappa shape index (κ1) is 14.3. The SMILES string of the molecule is Cc1ccc(CNC(C)Cc2ccc(C)s2)c(C)c1. The van der Waals surface area contributed by atoms with E-state index >= 15 is 0 Å². The molecule has 1 aromatic heterocycles. The zero-order valence-corrected chi connectivity index (χ0v) is 13.1. The van der Waals surface area contributed by atoms with Crippen LogP contribution in [-0.2, 0) is 13.0 Å². The van der Waals surface area contributed by atoms with E-state index < -0.39 is 0 Å². The number of hydrogen-bond donors (Lipinski definition) is 1. The molecule has 0 aliphatic heterocycles. The molecule has 2 heteroatoms. The van der Waals surface area contributed by atoms with Crippen molar-refractivity contribution in [2.24, 2.45) is 0 Å². The molecule has 0 aliphatic carbocycles. The summed E-state index contributed by atoms with van der Waals surface area (Å²) < 4.78 is 0. The molecule has 1 unspecified atom stereocenters. The smallest absolute Gasteiger partial charge is 0.0210 e. The summed E-state index contributed by atoms with van der Waals surface area (Å²) in [5, 5.41) is 3.62. The van der Waals surface area contributed by atoms with Crippen molar-refractivity contribution in [3.05, 3.63) is 56.8 Å². The number of benzene rings is 1. The van der Waals surface area contributed by atoms with E-state index in [1.807, 2.05) is 11.3 Å². The molecule has 0 saturated carbocycles. The first-order valence-electron chi connectivity index (χ1n) is 6.89. The summed E-state index contributed by atoms with van der Waals surface area (Å²) in [5.41, 5.74) is 4.12. The van der Waals surface area contributed by atoms with Crippen molar-refractivity contribution < 1.29 is 0 Å². The Morgan fingerprint density at radius 2 is 1.89 bits per heavy atom. The third kappa shape index (κ3) is 4.19. The van der Waals surface area contributed by atoms with Crippen molar-refractivity contribution in [3.63, 3.8) is 0 Å². The van der Waals surface area contributed by atoms with Gasteiger partial charge in [-0.3, -0.25) is 0 Å². The lowest BCUT2D eigenvalue weighted by Gasteiger charge is -2.14. The second kappa shape index (κ2) is 6.36. The van der Waals surface area contributed by atoms with Gasteiger partial charge in [0.2, 0.25) is 0 Å². The van der Waals surface area contributed by atoms with Gasteiger partial charge in [-0.2, -0.15) is 0 Å². The van der Waals surface area contributed by atoms with Crippen molar-refractivity contribution in [1.82, 2.24) is 5.32 Å². The molecule has 0 aliphatic rings. The third-order valence-corrected chi connectivity index (χ3v) is 4.47. The van der Waals surface area contributed by atoms with Gasteiger partial charge >= 0.3 is 0 Å². The molecule has 0 spiro atoms. The molecule has 2 aromatic rings. The van der Waals surface area contributed by atoms with Gasteiger partial charge in [0.1, 0.15) is 0 Å². The summed E-state index contributed by atoms with van der Waals surface area (Å²) in [6, 6.07) is 11.6. The van der Waals surface area contributed by atoms with E-state index in [1.54, 1.807) is 0 Å². The molecule has 0 fully saturated rings. The molecule has 0 saturated heterocycles. The van der Waals surface area contributed by atoms with Crippen molar-refractivity contribution in [3.8, 4) is 0 Å². The fourth-order valence-electron chi connectivity index (χ4n) is 2.30. The van der Waals surface area contributed by atoms with Gasteiger partial charge in [0.25, 0.3) is 0 Å². The maximum atomic E-state index is 3.62. The highest BCUT2D eigenvalue weighted by atomic mass is 32.1. The van der Waals surface area contributed by atoms with Crippen LogP contribution in [0.4, 0.5) is 0 Å². The first-order valence-corrected chi connectivity index (χ1v) is 7.71. The average molecular weight is 273 g/mol. The Kier molecular flexibility index (Phi) is 4.78. The van der Waals surface area contributed by atoms with Gasteiger partial charge in [0.15, 0.2) is 0 Å². The lowest BCUT2D eigenvalue weighted by Crippen LogP contribution is -2.27. The molecular formula is C17H23NS. The van der Waals surface area contributed by atoms with Crippen molar-refractivity contribution in [1.29, 1.82) is 0 Å². The number of aryl methyl sites for hydroxylation is 3. The van der Waals surface area contributed by atoms with Crippen LogP contribution in [-0.4, -0.2) is 6.04 Å². The maximum absolute atomic E-state index is 3.62. The van der Waals surface area contributed by atoms with Crippen LogP contribution in [0.25, 0.3) is 0 Å². The van der Waals surface area contributed by atoms with E-state index in [1.165, 1.54) is 26.4 Å². The van der Waals surface area contributed by atoms with E-state index in [9.17, 15) is 0 Å². The molecule has 1 heterocycles. The second-order valence-electron chi connectivity index (χ2n) is 5.43. The van der Waals surface area contributed by atoms with Crippen LogP contribution in [0.15, 0.2) is 30.3 Å². The molecule has 0 radical (unpaired) electrons. The monoisotopic (exact) mass is 273 g/mol. The summed E-state index contributed by atoms with van der Waals surface area (Å²) >= 11 is 1.90. The highest BCUT2D eigenvalue weighted by Gasteiger charge is 2.06. The molecule has 1 aromatic carbocycles. The average Bonchev–Trinajstić information content (AvgIpc) is 2.73. The molecule has 1 atom stereocenters. The Morgan fingerprint density at radius 3 is 2.53 bits per heavy atom. The summed E-state index contributed by atoms with van der Waals surface area (Å²) in [6.45, 7) is 9.72. The fraction of sp³-hybridized carbons (Fsp3) is 0.412. The zero-order valence-electron chi connectivity index (χ0n) is 12.3. The number of hydrogen-bond acceptors (Lipinski definition) is 2. The van der Waals surface area contributed by atoms with Crippen molar-refractivity contribution >= 4 is 11.3 Å². The zero-order chi connectivity index (χ0) is 13.8. The third-order valence-electron chi connectivity index (χ3n) is 3.44. The molecule has 0 amide bonds. The number of nitrogens with one attached hydrogen (secondary N) is 1. The lowest BCUT2D eigenvalue weighted by molar-refractivity contribution is 0.547. The summed E-state index contributed by atoms with van der Waals surface area (Å²) in [6.07, 6.45) is 1.11. The Balaban J connectivity index is 1.87. The standard InChI is InChI=1S/C17H23NS/c1-12-5-7-16(13(2)9-12)11-18-14(3)10-17-8-6-15(4)19-17/h5-9,14,18H,10-11H2,1-4H3. The predicted octanol–water partition coefficient (Wildman–Crippen LogP) is 4.39. The van der Waals surface area contributed by atoms with Crippen LogP contribution in [0.1, 0.15) is 33.4 Å². The quantitative estimate of drug-likeness (QED) is 0.851. The van der Waals surface area contributed by atoms with E-state index in [4.69, 9.17) is 0 Å². The molecular weight excluding hydrogens is 250 g/mol. The second-order valence-corrected chi connectivity index (χ2v) is 6.80. The minimum atomic E-state index is 0.513. The maximum Gasteiger partial charge on any atom is 0.0210 e. The highest BCUT2D eigenvalue weighted by Crippen LogP contribution is 2.17. The molecule has 1 nitrogen and oxygen atoms in total. The van der Waals surface area contributed by atoms with E-state index in [0.717, 1.165) is 13.0 Å². The number of thiophene rings is 1. The highest BCUT2D eigenvalue weighted by molar-refractivity contribution is 7.11. The van der Waals surface area contributed by atoms with Gasteiger partial charge in [-0.15, -0.1) is 11.3 Å². The van der Waals surface area contributed by atoms with Crippen molar-refractivity contribution in [2.45, 2.75) is 46.7 Å². The van der Waals surface area contributed by atoms with E-state index in [0.29, 0.717) is 6.04 Å². The van der Waals surface area contributed by atoms with Crippen molar-refractivity contribution in [2.75, 3.05) is 0 Å². The Bertz CT molecular complexity index is 542. The predicted molar refractivity (Wildman–Crippen MR) is 85.0 cm³/mol. The van der Waals surface area contributed by atoms with Gasteiger partial charge in [0, 0.05) is 22.3 Å². The Labute approximate surface area is 120 Å². The Hall–Kier alpha value is -1.12. The minimum absolute atomic E-state index is 0.513. The number of rotatable bonds is 5. The van der Waals surface area contributed by atoms with Crippen LogP contribution < -0.4 is 5.32 Å². The summed E-state index contributed by atoms with van der Waals surface area (Å²) in [7, 11) is 0. The van der Waals surface area contributed by atoms with Crippen LogP contribution in [0.5, 0.6) is 0 Å². The van der Waals surface area contributed by atoms with Gasteiger partial charge in [-0.05, 0) is 57.4 Å². The molecule has 0 bridgehead atoms. The van der Waals surface area contributed by atoms with Crippen LogP contribution in [0.2, 0.25) is 0 Å². The lowest BCUT2D eigenvalue weighted by atomic mass is 10.1. The van der Waals surface area contributed by atoms with E-state index in [2.05, 4.69) is 63.3 Å². The van der Waals surface area contributed by atoms with Crippen LogP contribution >= 0.6 is 11.3 Å². The van der Waals surface area contributed by atoms with Gasteiger partial charge < -0.3 is 5.32 Å². The van der Waals surface area contributed by atoms with Gasteiger partial charge in [0.05, 0.1) is 0 Å².